The third kappa shape index (κ3) is 3.52. The number of nitro groups is 1. The van der Waals surface area contributed by atoms with Crippen LogP contribution in [-0.4, -0.2) is 27.1 Å². The molecule has 1 amide bonds. The lowest BCUT2D eigenvalue weighted by atomic mass is 9.94. The number of phenolic OH excluding ortho intramolecular Hbond substituents is 2. The molecule has 132 valence electrons. The van der Waals surface area contributed by atoms with Gasteiger partial charge in [0.2, 0.25) is 5.75 Å². The zero-order valence-corrected chi connectivity index (χ0v) is 12.4. The first kappa shape index (κ1) is 17.8. The number of carbonyl (C=O) groups excluding carboxylic acids is 1. The molecule has 0 atom stereocenters. The average molecular weight is 348 g/mol. The highest BCUT2D eigenvalue weighted by Crippen LogP contribution is 2.45. The highest BCUT2D eigenvalue weighted by molar-refractivity contribution is 6.01. The van der Waals surface area contributed by atoms with Gasteiger partial charge in [0, 0.05) is 6.04 Å². The van der Waals surface area contributed by atoms with Gasteiger partial charge in [-0.05, 0) is 18.9 Å². The van der Waals surface area contributed by atoms with Crippen LogP contribution >= 0.6 is 0 Å². The third-order valence-electron chi connectivity index (χ3n) is 3.91. The number of hydrogen-bond acceptors (Lipinski definition) is 5. The van der Waals surface area contributed by atoms with Crippen molar-refractivity contribution >= 4 is 11.6 Å². The van der Waals surface area contributed by atoms with Crippen molar-refractivity contribution in [2.75, 3.05) is 0 Å². The van der Waals surface area contributed by atoms with Gasteiger partial charge in [0.15, 0.2) is 5.75 Å². The fourth-order valence-electron chi connectivity index (χ4n) is 2.78. The van der Waals surface area contributed by atoms with Gasteiger partial charge >= 0.3 is 11.9 Å². The van der Waals surface area contributed by atoms with Crippen LogP contribution in [0, 0.1) is 10.1 Å². The molecule has 10 heteroatoms. The summed E-state index contributed by atoms with van der Waals surface area (Å²) in [7, 11) is 0. The smallest absolute Gasteiger partial charge is 0.417 e. The van der Waals surface area contributed by atoms with Crippen molar-refractivity contribution in [1.29, 1.82) is 0 Å². The average Bonchev–Trinajstić information content (AvgIpc) is 2.48. The molecule has 1 aromatic rings. The quantitative estimate of drug-likeness (QED) is 0.441. The van der Waals surface area contributed by atoms with Crippen molar-refractivity contribution < 1.29 is 33.1 Å². The second kappa shape index (κ2) is 6.54. The maximum absolute atomic E-state index is 13.1. The van der Waals surface area contributed by atoms with Crippen molar-refractivity contribution in [3.8, 4) is 11.5 Å². The van der Waals surface area contributed by atoms with Gasteiger partial charge in [0.05, 0.1) is 10.5 Å². The van der Waals surface area contributed by atoms with Gasteiger partial charge < -0.3 is 15.5 Å². The second-order valence-corrected chi connectivity index (χ2v) is 5.58. The number of benzene rings is 1. The Morgan fingerprint density at radius 3 is 2.33 bits per heavy atom. The molecule has 0 bridgehead atoms. The Bertz CT molecular complexity index is 669. The Morgan fingerprint density at radius 1 is 1.25 bits per heavy atom. The molecule has 0 spiro atoms. The topological polar surface area (TPSA) is 113 Å². The first-order valence-corrected chi connectivity index (χ1v) is 7.24. The summed E-state index contributed by atoms with van der Waals surface area (Å²) >= 11 is 0. The van der Waals surface area contributed by atoms with Crippen molar-refractivity contribution in [3.05, 3.63) is 27.3 Å². The molecule has 0 aromatic heterocycles. The van der Waals surface area contributed by atoms with E-state index < -0.39 is 45.3 Å². The summed E-state index contributed by atoms with van der Waals surface area (Å²) in [6, 6.07) is -0.277. The molecular formula is C14H15F3N2O5. The zero-order valence-electron chi connectivity index (χ0n) is 12.4. The summed E-state index contributed by atoms with van der Waals surface area (Å²) in [5.74, 6) is -3.98. The third-order valence-corrected chi connectivity index (χ3v) is 3.91. The fourth-order valence-corrected chi connectivity index (χ4v) is 2.78. The number of hydrogen-bond donors (Lipinski definition) is 3. The highest BCUT2D eigenvalue weighted by Gasteiger charge is 2.43. The predicted molar refractivity (Wildman–Crippen MR) is 75.8 cm³/mol. The van der Waals surface area contributed by atoms with E-state index in [9.17, 15) is 38.3 Å². The maximum atomic E-state index is 13.1. The van der Waals surface area contributed by atoms with E-state index in [0.29, 0.717) is 12.8 Å². The number of halogens is 3. The summed E-state index contributed by atoms with van der Waals surface area (Å²) in [6.45, 7) is 0. The summed E-state index contributed by atoms with van der Waals surface area (Å²) in [5.41, 5.74) is -4.43. The number of phenols is 2. The van der Waals surface area contributed by atoms with E-state index in [0.717, 1.165) is 19.3 Å². The lowest BCUT2D eigenvalue weighted by Gasteiger charge is -2.23. The number of nitro benzene ring substituents is 1. The molecule has 0 saturated heterocycles. The Kier molecular flexibility index (Phi) is 4.86. The predicted octanol–water partition coefficient (Wildman–Crippen LogP) is 3.09. The Morgan fingerprint density at radius 2 is 1.83 bits per heavy atom. The van der Waals surface area contributed by atoms with Crippen LogP contribution in [0.25, 0.3) is 0 Å². The van der Waals surface area contributed by atoms with Gasteiger partial charge in [-0.15, -0.1) is 0 Å². The fraction of sp³-hybridized carbons (Fsp3) is 0.500. The van der Waals surface area contributed by atoms with Crippen LogP contribution in [0.1, 0.15) is 48.0 Å². The van der Waals surface area contributed by atoms with Crippen LogP contribution in [0.15, 0.2) is 6.07 Å². The second-order valence-electron chi connectivity index (χ2n) is 5.58. The van der Waals surface area contributed by atoms with Crippen molar-refractivity contribution in [3.63, 3.8) is 0 Å². The molecule has 3 N–H and O–H groups in total. The molecule has 1 aliphatic rings. The van der Waals surface area contributed by atoms with Gasteiger partial charge in [-0.2, -0.15) is 13.2 Å². The summed E-state index contributed by atoms with van der Waals surface area (Å²) in [6.07, 6.45) is -1.47. The van der Waals surface area contributed by atoms with Crippen molar-refractivity contribution in [2.24, 2.45) is 0 Å². The Balaban J connectivity index is 2.54. The van der Waals surface area contributed by atoms with E-state index in [1.165, 1.54) is 0 Å². The summed E-state index contributed by atoms with van der Waals surface area (Å²) in [5, 5.41) is 32.3. The van der Waals surface area contributed by atoms with E-state index in [2.05, 4.69) is 5.32 Å². The molecule has 2 rings (SSSR count). The first-order valence-electron chi connectivity index (χ1n) is 7.24. The van der Waals surface area contributed by atoms with E-state index in [1.807, 2.05) is 0 Å². The van der Waals surface area contributed by atoms with Gasteiger partial charge in [0.1, 0.15) is 5.56 Å². The number of rotatable bonds is 3. The number of amides is 1. The largest absolute Gasteiger partial charge is 0.504 e. The monoisotopic (exact) mass is 348 g/mol. The number of alkyl halides is 3. The van der Waals surface area contributed by atoms with E-state index in [4.69, 9.17) is 0 Å². The van der Waals surface area contributed by atoms with Crippen LogP contribution in [0.5, 0.6) is 11.5 Å². The molecule has 1 fully saturated rings. The van der Waals surface area contributed by atoms with Crippen LogP contribution < -0.4 is 5.32 Å². The number of nitrogens with one attached hydrogen (secondary N) is 1. The Labute approximate surface area is 134 Å². The Hall–Kier alpha value is -2.52. The SMILES string of the molecule is O=C(NC1CCCCC1)c1c(C(F)(F)F)cc(O)c(O)c1[N+](=O)[O-]. The molecule has 1 saturated carbocycles. The summed E-state index contributed by atoms with van der Waals surface area (Å²) < 4.78 is 39.4. The molecule has 0 heterocycles. The van der Waals surface area contributed by atoms with Crippen LogP contribution in [0.3, 0.4) is 0 Å². The molecule has 1 aliphatic carbocycles. The highest BCUT2D eigenvalue weighted by atomic mass is 19.4. The lowest BCUT2D eigenvalue weighted by molar-refractivity contribution is -0.386. The molecule has 0 aliphatic heterocycles. The molecule has 1 aromatic carbocycles. The number of nitrogens with zero attached hydrogens (tertiary/aromatic N) is 1. The zero-order chi connectivity index (χ0) is 18.1. The van der Waals surface area contributed by atoms with Crippen LogP contribution in [0.4, 0.5) is 18.9 Å². The molecule has 24 heavy (non-hydrogen) atoms. The van der Waals surface area contributed by atoms with Gasteiger partial charge in [-0.3, -0.25) is 14.9 Å². The van der Waals surface area contributed by atoms with Gasteiger partial charge in [-0.1, -0.05) is 19.3 Å². The standard InChI is InChI=1S/C14H15F3N2O5/c15-14(16,17)8-6-9(20)12(21)11(19(23)24)10(8)13(22)18-7-4-2-1-3-5-7/h6-7,20-21H,1-5H2,(H,18,22). The lowest BCUT2D eigenvalue weighted by Crippen LogP contribution is -2.37. The van der Waals surface area contributed by atoms with Crippen molar-refractivity contribution in [2.45, 2.75) is 44.3 Å². The molecular weight excluding hydrogens is 333 g/mol. The summed E-state index contributed by atoms with van der Waals surface area (Å²) in [4.78, 5) is 22.0. The van der Waals surface area contributed by atoms with Gasteiger partial charge in [0.25, 0.3) is 5.91 Å². The van der Waals surface area contributed by atoms with Gasteiger partial charge in [-0.25, -0.2) is 0 Å². The first-order chi connectivity index (χ1) is 11.1. The van der Waals surface area contributed by atoms with Crippen molar-refractivity contribution in [1.82, 2.24) is 5.32 Å². The van der Waals surface area contributed by atoms with Crippen LogP contribution in [-0.2, 0) is 6.18 Å². The minimum atomic E-state index is -5.12. The minimum absolute atomic E-state index is 0.109. The van der Waals surface area contributed by atoms with E-state index >= 15 is 0 Å². The van der Waals surface area contributed by atoms with Crippen LogP contribution in [0.2, 0.25) is 0 Å². The molecule has 0 radical (unpaired) electrons. The van der Waals surface area contributed by atoms with E-state index in [-0.39, 0.29) is 12.1 Å². The maximum Gasteiger partial charge on any atom is 0.417 e. The minimum Gasteiger partial charge on any atom is -0.504 e. The molecule has 7 nitrogen and oxygen atoms in total. The molecule has 0 unspecified atom stereocenters. The normalized spacial score (nSPS) is 16.0. The number of carbonyl (C=O) groups is 1. The van der Waals surface area contributed by atoms with E-state index in [1.54, 1.807) is 0 Å². The number of aromatic hydroxyl groups is 2.